The lowest BCUT2D eigenvalue weighted by Crippen LogP contribution is -2.00. The van der Waals surface area contributed by atoms with E-state index in [0.717, 1.165) is 0 Å². The third kappa shape index (κ3) is 2.53. The number of hydrogen-bond donors (Lipinski definition) is 1. The van der Waals surface area contributed by atoms with Crippen molar-refractivity contribution in [3.8, 4) is 11.5 Å². The Morgan fingerprint density at radius 2 is 1.93 bits per heavy atom. The molecule has 1 N–H and O–H groups in total. The standard InChI is InChI=1S/C9H10O4.ClH/c1-12-6-3-4-7(9(10)11)8(5-6)13-2;/h3-5H,1-2H3,(H,10,11);1H. The molecule has 78 valence electrons. The Labute approximate surface area is 87.9 Å². The topological polar surface area (TPSA) is 55.8 Å². The van der Waals surface area contributed by atoms with Gasteiger partial charge in [0.2, 0.25) is 0 Å². The fourth-order valence-corrected chi connectivity index (χ4v) is 0.975. The highest BCUT2D eigenvalue weighted by atomic mass is 35.5. The van der Waals surface area contributed by atoms with Gasteiger partial charge in [0, 0.05) is 6.07 Å². The molecule has 0 saturated carbocycles. The minimum Gasteiger partial charge on any atom is -0.497 e. The lowest BCUT2D eigenvalue weighted by atomic mass is 10.2. The minimum atomic E-state index is -1.01. The van der Waals surface area contributed by atoms with Crippen molar-refractivity contribution < 1.29 is 19.4 Å². The van der Waals surface area contributed by atoms with Crippen molar-refractivity contribution in [1.29, 1.82) is 0 Å². The summed E-state index contributed by atoms with van der Waals surface area (Å²) in [6, 6.07) is 4.55. The first-order valence-corrected chi connectivity index (χ1v) is 3.64. The summed E-state index contributed by atoms with van der Waals surface area (Å²) in [6.45, 7) is 0. The molecule has 0 saturated heterocycles. The van der Waals surface area contributed by atoms with Crippen LogP contribution >= 0.6 is 12.4 Å². The number of methoxy groups -OCH3 is 2. The van der Waals surface area contributed by atoms with Crippen LogP contribution in [0.25, 0.3) is 0 Å². The number of aromatic carboxylic acids is 1. The molecule has 0 unspecified atom stereocenters. The van der Waals surface area contributed by atoms with E-state index in [1.807, 2.05) is 0 Å². The maximum absolute atomic E-state index is 10.7. The molecule has 0 heterocycles. The normalized spacial score (nSPS) is 8.71. The summed E-state index contributed by atoms with van der Waals surface area (Å²) in [5.74, 6) is -0.145. The Balaban J connectivity index is 0.00000169. The van der Waals surface area contributed by atoms with Crippen LogP contribution in [-0.4, -0.2) is 25.3 Å². The quantitative estimate of drug-likeness (QED) is 0.841. The highest BCUT2D eigenvalue weighted by Crippen LogP contribution is 2.24. The molecule has 0 bridgehead atoms. The van der Waals surface area contributed by atoms with Gasteiger partial charge in [-0.1, -0.05) is 0 Å². The van der Waals surface area contributed by atoms with Crippen LogP contribution in [0.2, 0.25) is 0 Å². The van der Waals surface area contributed by atoms with Crippen molar-refractivity contribution in [2.45, 2.75) is 0 Å². The molecule has 0 aromatic heterocycles. The number of carboxylic acid groups (broad SMARTS) is 1. The number of carbonyl (C=O) groups is 1. The highest BCUT2D eigenvalue weighted by Gasteiger charge is 2.10. The third-order valence-electron chi connectivity index (χ3n) is 1.64. The van der Waals surface area contributed by atoms with Gasteiger partial charge in [-0.2, -0.15) is 0 Å². The smallest absolute Gasteiger partial charge is 0.339 e. The molecule has 1 aromatic carbocycles. The number of rotatable bonds is 3. The molecule has 14 heavy (non-hydrogen) atoms. The number of halogens is 1. The fourth-order valence-electron chi connectivity index (χ4n) is 0.975. The van der Waals surface area contributed by atoms with Gasteiger partial charge >= 0.3 is 5.97 Å². The summed E-state index contributed by atoms with van der Waals surface area (Å²) in [4.78, 5) is 10.7. The van der Waals surface area contributed by atoms with Gasteiger partial charge in [0.05, 0.1) is 14.2 Å². The van der Waals surface area contributed by atoms with E-state index < -0.39 is 5.97 Å². The van der Waals surface area contributed by atoms with Crippen LogP contribution in [0.1, 0.15) is 10.4 Å². The maximum Gasteiger partial charge on any atom is 0.339 e. The Hall–Kier alpha value is -1.42. The number of benzene rings is 1. The minimum absolute atomic E-state index is 0. The predicted molar refractivity (Wildman–Crippen MR) is 53.8 cm³/mol. The molecule has 0 atom stereocenters. The van der Waals surface area contributed by atoms with Gasteiger partial charge in [0.1, 0.15) is 17.1 Å². The van der Waals surface area contributed by atoms with E-state index in [-0.39, 0.29) is 18.0 Å². The zero-order chi connectivity index (χ0) is 9.84. The van der Waals surface area contributed by atoms with E-state index in [4.69, 9.17) is 14.6 Å². The monoisotopic (exact) mass is 218 g/mol. The van der Waals surface area contributed by atoms with Crippen molar-refractivity contribution in [2.24, 2.45) is 0 Å². The summed E-state index contributed by atoms with van der Waals surface area (Å²) in [6.07, 6.45) is 0. The molecule has 0 spiro atoms. The molecule has 0 radical (unpaired) electrons. The molecular weight excluding hydrogens is 208 g/mol. The summed E-state index contributed by atoms with van der Waals surface area (Å²) < 4.78 is 9.81. The predicted octanol–water partition coefficient (Wildman–Crippen LogP) is 1.82. The lowest BCUT2D eigenvalue weighted by Gasteiger charge is -2.06. The number of carboxylic acids is 1. The molecule has 0 amide bonds. The van der Waals surface area contributed by atoms with Crippen molar-refractivity contribution in [2.75, 3.05) is 14.2 Å². The van der Waals surface area contributed by atoms with Crippen molar-refractivity contribution in [3.05, 3.63) is 23.8 Å². The molecule has 0 aliphatic carbocycles. The summed E-state index contributed by atoms with van der Waals surface area (Å²) in [5.41, 5.74) is 0.128. The molecule has 5 heteroatoms. The first kappa shape index (κ1) is 12.6. The second-order valence-electron chi connectivity index (χ2n) is 2.37. The number of ether oxygens (including phenoxy) is 2. The van der Waals surface area contributed by atoms with Crippen LogP contribution in [-0.2, 0) is 0 Å². The first-order chi connectivity index (χ1) is 6.19. The van der Waals surface area contributed by atoms with Crippen LogP contribution < -0.4 is 9.47 Å². The first-order valence-electron chi connectivity index (χ1n) is 3.64. The van der Waals surface area contributed by atoms with Gasteiger partial charge in [0.15, 0.2) is 0 Å². The van der Waals surface area contributed by atoms with Crippen LogP contribution in [0.5, 0.6) is 11.5 Å². The van der Waals surface area contributed by atoms with E-state index >= 15 is 0 Å². The van der Waals surface area contributed by atoms with E-state index in [0.29, 0.717) is 11.5 Å². The molecule has 4 nitrogen and oxygen atoms in total. The average Bonchev–Trinajstić information content (AvgIpc) is 2.16. The lowest BCUT2D eigenvalue weighted by molar-refractivity contribution is 0.0693. The van der Waals surface area contributed by atoms with Crippen molar-refractivity contribution in [3.63, 3.8) is 0 Å². The largest absolute Gasteiger partial charge is 0.497 e. The molecular formula is C9H11ClO4. The fraction of sp³-hybridized carbons (Fsp3) is 0.222. The summed E-state index contributed by atoms with van der Waals surface area (Å²) in [7, 11) is 2.93. The van der Waals surface area contributed by atoms with Crippen molar-refractivity contribution >= 4 is 18.4 Å². The molecule has 0 aliphatic rings. The Bertz CT molecular complexity index is 325. The molecule has 1 aromatic rings. The van der Waals surface area contributed by atoms with Gasteiger partial charge < -0.3 is 14.6 Å². The van der Waals surface area contributed by atoms with E-state index in [2.05, 4.69) is 0 Å². The van der Waals surface area contributed by atoms with Gasteiger partial charge in [0.25, 0.3) is 0 Å². The second-order valence-corrected chi connectivity index (χ2v) is 2.37. The van der Waals surface area contributed by atoms with E-state index in [1.54, 1.807) is 6.07 Å². The van der Waals surface area contributed by atoms with Crippen LogP contribution in [0.3, 0.4) is 0 Å². The van der Waals surface area contributed by atoms with Gasteiger partial charge in [-0.05, 0) is 12.1 Å². The summed E-state index contributed by atoms with van der Waals surface area (Å²) in [5, 5.41) is 8.74. The number of hydrogen-bond acceptors (Lipinski definition) is 3. The molecule has 0 aliphatic heterocycles. The Morgan fingerprint density at radius 3 is 2.36 bits per heavy atom. The second kappa shape index (κ2) is 5.34. The Morgan fingerprint density at radius 1 is 1.29 bits per heavy atom. The zero-order valence-corrected chi connectivity index (χ0v) is 8.63. The maximum atomic E-state index is 10.7. The molecule has 0 fully saturated rings. The average molecular weight is 219 g/mol. The van der Waals surface area contributed by atoms with Crippen LogP contribution in [0.4, 0.5) is 0 Å². The Kier molecular flexibility index (Phi) is 4.80. The van der Waals surface area contributed by atoms with Crippen molar-refractivity contribution in [1.82, 2.24) is 0 Å². The zero-order valence-electron chi connectivity index (χ0n) is 7.81. The van der Waals surface area contributed by atoms with Gasteiger partial charge in [-0.15, -0.1) is 12.4 Å². The summed E-state index contributed by atoms with van der Waals surface area (Å²) >= 11 is 0. The SMILES string of the molecule is COc1ccc(C(=O)O)c(OC)c1.Cl. The van der Waals surface area contributed by atoms with E-state index in [9.17, 15) is 4.79 Å². The van der Waals surface area contributed by atoms with E-state index in [1.165, 1.54) is 26.4 Å². The van der Waals surface area contributed by atoms with Gasteiger partial charge in [-0.25, -0.2) is 4.79 Å². The highest BCUT2D eigenvalue weighted by molar-refractivity contribution is 5.91. The third-order valence-corrected chi connectivity index (χ3v) is 1.64. The van der Waals surface area contributed by atoms with Gasteiger partial charge in [-0.3, -0.25) is 0 Å². The van der Waals surface area contributed by atoms with Crippen LogP contribution in [0, 0.1) is 0 Å². The van der Waals surface area contributed by atoms with Crippen LogP contribution in [0.15, 0.2) is 18.2 Å². The molecule has 1 rings (SSSR count).